The number of halogens is 1. The maximum absolute atomic E-state index is 5.20. The minimum atomic E-state index is 0. The predicted molar refractivity (Wildman–Crippen MR) is 94.2 cm³/mol. The van der Waals surface area contributed by atoms with Crippen LogP contribution in [0.3, 0.4) is 0 Å². The maximum Gasteiger partial charge on any atom is 0.228 e. The van der Waals surface area contributed by atoms with Crippen molar-refractivity contribution in [1.82, 2.24) is 20.8 Å². The number of nitrogens with one attached hydrogen (secondary N) is 2. The molecule has 0 fully saturated rings. The average molecular weight is 405 g/mol. The Bertz CT molecular complexity index is 475. The van der Waals surface area contributed by atoms with E-state index in [0.29, 0.717) is 24.3 Å². The first-order valence-corrected chi connectivity index (χ1v) is 7.13. The Morgan fingerprint density at radius 2 is 2.14 bits per heavy atom. The van der Waals surface area contributed by atoms with Crippen molar-refractivity contribution >= 4 is 29.9 Å². The summed E-state index contributed by atoms with van der Waals surface area (Å²) in [6.45, 7) is 4.82. The summed E-state index contributed by atoms with van der Waals surface area (Å²) in [6.07, 6.45) is 7.20. The first-order valence-electron chi connectivity index (χ1n) is 7.13. The second-order valence-electron chi connectivity index (χ2n) is 5.23. The van der Waals surface area contributed by atoms with E-state index in [1.54, 1.807) is 7.05 Å². The molecule has 21 heavy (non-hydrogen) atoms. The molecule has 0 saturated carbocycles. The van der Waals surface area contributed by atoms with Gasteiger partial charge in [-0.05, 0) is 12.8 Å². The number of hydrogen-bond donors (Lipinski definition) is 2. The van der Waals surface area contributed by atoms with E-state index in [2.05, 4.69) is 37.9 Å². The predicted octanol–water partition coefficient (Wildman–Crippen LogP) is 2.24. The van der Waals surface area contributed by atoms with Crippen molar-refractivity contribution in [3.63, 3.8) is 0 Å². The fraction of sp³-hybridized carbons (Fsp3) is 0.643. The van der Waals surface area contributed by atoms with Crippen LogP contribution in [0.5, 0.6) is 0 Å². The van der Waals surface area contributed by atoms with Crippen molar-refractivity contribution in [1.29, 1.82) is 0 Å². The molecule has 0 bridgehead atoms. The largest absolute Gasteiger partial charge is 0.356 e. The van der Waals surface area contributed by atoms with Gasteiger partial charge in [0.2, 0.25) is 5.89 Å². The minimum Gasteiger partial charge on any atom is -0.356 e. The highest BCUT2D eigenvalue weighted by Gasteiger charge is 2.12. The van der Waals surface area contributed by atoms with Gasteiger partial charge in [-0.25, -0.2) is 0 Å². The average Bonchev–Trinajstić information content (AvgIpc) is 3.08. The van der Waals surface area contributed by atoms with Crippen molar-refractivity contribution in [3.05, 3.63) is 23.9 Å². The molecule has 7 heteroatoms. The summed E-state index contributed by atoms with van der Waals surface area (Å²) in [7, 11) is 1.78. The molecule has 0 aliphatic heterocycles. The molecular formula is C14H24IN5O. The van der Waals surface area contributed by atoms with Crippen molar-refractivity contribution in [3.8, 4) is 0 Å². The van der Waals surface area contributed by atoms with Gasteiger partial charge in [0.05, 0.1) is 0 Å². The summed E-state index contributed by atoms with van der Waals surface area (Å²) >= 11 is 0. The Kier molecular flexibility index (Phi) is 7.69. The lowest BCUT2D eigenvalue weighted by molar-refractivity contribution is 0.371. The Morgan fingerprint density at radius 3 is 2.71 bits per heavy atom. The lowest BCUT2D eigenvalue weighted by atomic mass is 10.2. The quantitative estimate of drug-likeness (QED) is 0.340. The van der Waals surface area contributed by atoms with E-state index in [1.165, 1.54) is 0 Å². The third kappa shape index (κ3) is 5.64. The molecule has 2 N–H and O–H groups in total. The Hall–Kier alpha value is -1.12. The van der Waals surface area contributed by atoms with Gasteiger partial charge in [0, 0.05) is 32.0 Å². The number of aromatic nitrogens is 2. The molecule has 6 nitrogen and oxygen atoms in total. The lowest BCUT2D eigenvalue weighted by Crippen LogP contribution is -2.43. The fourth-order valence-corrected chi connectivity index (χ4v) is 2.01. The highest BCUT2D eigenvalue weighted by molar-refractivity contribution is 14.0. The lowest BCUT2D eigenvalue weighted by Gasteiger charge is -2.16. The molecule has 1 heterocycles. The highest BCUT2D eigenvalue weighted by atomic mass is 127. The van der Waals surface area contributed by atoms with Crippen LogP contribution in [0.15, 0.2) is 21.7 Å². The maximum atomic E-state index is 5.20. The van der Waals surface area contributed by atoms with Crippen LogP contribution in [0.25, 0.3) is 0 Å². The number of rotatable bonds is 5. The smallest absolute Gasteiger partial charge is 0.228 e. The Labute approximate surface area is 142 Å². The third-order valence-corrected chi connectivity index (χ3v) is 3.20. The van der Waals surface area contributed by atoms with Crippen molar-refractivity contribution in [2.45, 2.75) is 45.1 Å². The van der Waals surface area contributed by atoms with Crippen LogP contribution in [0, 0.1) is 0 Å². The molecule has 0 amide bonds. The van der Waals surface area contributed by atoms with Crippen LogP contribution in [0.1, 0.15) is 44.3 Å². The van der Waals surface area contributed by atoms with Crippen molar-refractivity contribution in [2.24, 2.45) is 4.99 Å². The molecule has 0 saturated heterocycles. The number of aliphatic imine (C=N–C) groups is 1. The van der Waals surface area contributed by atoms with E-state index < -0.39 is 0 Å². The number of nitrogens with zero attached hydrogens (tertiary/aromatic N) is 3. The SMILES string of the molecule is CN=C(NCCc1nc(C(C)C)no1)NC1CC=CC1.I. The summed E-state index contributed by atoms with van der Waals surface area (Å²) in [5.74, 6) is 2.55. The summed E-state index contributed by atoms with van der Waals surface area (Å²) in [5, 5.41) is 10.6. The fourth-order valence-electron chi connectivity index (χ4n) is 2.01. The van der Waals surface area contributed by atoms with E-state index in [9.17, 15) is 0 Å². The molecule has 0 unspecified atom stereocenters. The number of guanidine groups is 1. The molecular weight excluding hydrogens is 381 g/mol. The van der Waals surface area contributed by atoms with Crippen LogP contribution in [-0.2, 0) is 6.42 Å². The zero-order valence-corrected chi connectivity index (χ0v) is 15.1. The van der Waals surface area contributed by atoms with Gasteiger partial charge in [-0.1, -0.05) is 31.2 Å². The van der Waals surface area contributed by atoms with Gasteiger partial charge in [-0.15, -0.1) is 24.0 Å². The van der Waals surface area contributed by atoms with E-state index in [-0.39, 0.29) is 24.0 Å². The van der Waals surface area contributed by atoms with E-state index >= 15 is 0 Å². The molecule has 1 aromatic rings. The monoisotopic (exact) mass is 405 g/mol. The summed E-state index contributed by atoms with van der Waals surface area (Å²) in [6, 6.07) is 0.456. The van der Waals surface area contributed by atoms with Crippen LogP contribution in [0.4, 0.5) is 0 Å². The summed E-state index contributed by atoms with van der Waals surface area (Å²) < 4.78 is 5.20. The van der Waals surface area contributed by atoms with Crippen LogP contribution < -0.4 is 10.6 Å². The first-order chi connectivity index (χ1) is 9.69. The van der Waals surface area contributed by atoms with Crippen LogP contribution >= 0.6 is 24.0 Å². The first kappa shape index (κ1) is 17.9. The molecule has 1 aliphatic rings. The zero-order valence-electron chi connectivity index (χ0n) is 12.8. The van der Waals surface area contributed by atoms with Gasteiger partial charge in [0.25, 0.3) is 0 Å². The van der Waals surface area contributed by atoms with E-state index in [0.717, 1.165) is 31.2 Å². The van der Waals surface area contributed by atoms with Gasteiger partial charge in [-0.2, -0.15) is 4.98 Å². The van der Waals surface area contributed by atoms with Gasteiger partial charge < -0.3 is 15.2 Å². The topological polar surface area (TPSA) is 75.3 Å². The van der Waals surface area contributed by atoms with Gasteiger partial charge in [0.1, 0.15) is 0 Å². The van der Waals surface area contributed by atoms with Gasteiger partial charge >= 0.3 is 0 Å². The molecule has 0 atom stereocenters. The zero-order chi connectivity index (χ0) is 14.4. The van der Waals surface area contributed by atoms with Gasteiger partial charge in [0.15, 0.2) is 11.8 Å². The highest BCUT2D eigenvalue weighted by Crippen LogP contribution is 2.10. The number of hydrogen-bond acceptors (Lipinski definition) is 4. The van der Waals surface area contributed by atoms with E-state index in [1.807, 2.05) is 13.8 Å². The minimum absolute atomic E-state index is 0. The molecule has 0 spiro atoms. The molecule has 1 aromatic heterocycles. The van der Waals surface area contributed by atoms with Crippen LogP contribution in [-0.4, -0.2) is 35.7 Å². The normalized spacial score (nSPS) is 15.3. The molecule has 0 aromatic carbocycles. The Morgan fingerprint density at radius 1 is 1.43 bits per heavy atom. The standard InChI is InChI=1S/C14H23N5O.HI/c1-10(2)13-18-12(20-19-13)8-9-16-14(15-3)17-11-6-4-5-7-11;/h4-5,10-11H,6-9H2,1-3H3,(H2,15,16,17);1H. The van der Waals surface area contributed by atoms with Crippen molar-refractivity contribution < 1.29 is 4.52 Å². The summed E-state index contributed by atoms with van der Waals surface area (Å²) in [5.41, 5.74) is 0. The second-order valence-corrected chi connectivity index (χ2v) is 5.23. The van der Waals surface area contributed by atoms with E-state index in [4.69, 9.17) is 4.52 Å². The molecule has 2 rings (SSSR count). The van der Waals surface area contributed by atoms with Crippen LogP contribution in [0.2, 0.25) is 0 Å². The molecule has 0 radical (unpaired) electrons. The second kappa shape index (κ2) is 9.01. The Balaban J connectivity index is 0.00000220. The van der Waals surface area contributed by atoms with Gasteiger partial charge in [-0.3, -0.25) is 4.99 Å². The summed E-state index contributed by atoms with van der Waals surface area (Å²) in [4.78, 5) is 8.56. The van der Waals surface area contributed by atoms with Crippen molar-refractivity contribution in [2.75, 3.05) is 13.6 Å². The third-order valence-electron chi connectivity index (χ3n) is 3.20. The molecule has 118 valence electrons. The molecule has 1 aliphatic carbocycles.